The van der Waals surface area contributed by atoms with Gasteiger partial charge in [-0.3, -0.25) is 19.2 Å². The van der Waals surface area contributed by atoms with Crippen LogP contribution in [-0.4, -0.2) is 39.2 Å². The van der Waals surface area contributed by atoms with Crippen LogP contribution in [0.15, 0.2) is 47.2 Å². The molecule has 27 heavy (non-hydrogen) atoms. The van der Waals surface area contributed by atoms with Gasteiger partial charge in [0.2, 0.25) is 0 Å². The molecule has 0 bridgehead atoms. The monoisotopic (exact) mass is 384 g/mol. The highest BCUT2D eigenvalue weighted by Gasteiger charge is 2.32. The number of ether oxygens (including phenoxy) is 1. The highest BCUT2D eigenvalue weighted by atomic mass is 32.2. The zero-order valence-electron chi connectivity index (χ0n) is 15.4. The molecule has 0 saturated carbocycles. The predicted molar refractivity (Wildman–Crippen MR) is 106 cm³/mol. The summed E-state index contributed by atoms with van der Waals surface area (Å²) in [5, 5.41) is 4.74. The van der Waals surface area contributed by atoms with E-state index in [2.05, 4.69) is 10.1 Å². The molecular weight excluding hydrogens is 364 g/mol. The molecule has 1 aromatic heterocycles. The maximum absolute atomic E-state index is 13.0. The second kappa shape index (κ2) is 8.22. The Morgan fingerprint density at radius 2 is 2.04 bits per heavy atom. The average molecular weight is 384 g/mol. The van der Waals surface area contributed by atoms with Crippen molar-refractivity contribution in [3.05, 3.63) is 53.5 Å². The van der Waals surface area contributed by atoms with Crippen LogP contribution in [0.25, 0.3) is 6.08 Å². The lowest BCUT2D eigenvalue weighted by molar-refractivity contribution is -0.139. The zero-order chi connectivity index (χ0) is 19.4. The number of amides is 1. The highest BCUT2D eigenvalue weighted by Crippen LogP contribution is 2.29. The summed E-state index contributed by atoms with van der Waals surface area (Å²) in [5.74, 6) is -0.496. The van der Waals surface area contributed by atoms with Crippen molar-refractivity contribution in [2.75, 3.05) is 17.3 Å². The molecule has 3 rings (SSSR count). The van der Waals surface area contributed by atoms with Crippen LogP contribution in [0.3, 0.4) is 0 Å². The van der Waals surface area contributed by atoms with Crippen molar-refractivity contribution < 1.29 is 14.3 Å². The number of aryl methyl sites for hydroxylation is 2. The first kappa shape index (κ1) is 18.9. The van der Waals surface area contributed by atoms with Crippen molar-refractivity contribution in [1.29, 1.82) is 0 Å². The Balaban J connectivity index is 1.92. The van der Waals surface area contributed by atoms with Gasteiger partial charge in [-0.15, -0.1) is 0 Å². The van der Waals surface area contributed by atoms with Crippen LogP contribution in [0.4, 0.5) is 5.69 Å². The number of para-hydroxylation sites is 1. The van der Waals surface area contributed by atoms with Crippen LogP contribution in [0.1, 0.15) is 18.2 Å². The number of nitrogens with zero attached hydrogens (tertiary/aromatic N) is 4. The first-order valence-electron chi connectivity index (χ1n) is 8.48. The molecule has 0 atom stereocenters. The van der Waals surface area contributed by atoms with E-state index in [4.69, 9.17) is 4.74 Å². The molecule has 0 spiro atoms. The van der Waals surface area contributed by atoms with Gasteiger partial charge in [-0.05, 0) is 32.1 Å². The lowest BCUT2D eigenvalue weighted by Gasteiger charge is -2.17. The number of aliphatic imine (C=N–C) groups is 1. The number of anilines is 1. The number of benzene rings is 1. The standard InChI is InChI=1S/C19H20N4O3S/c1-4-26-17(24)12-27-19-20-16(10-14-11-22(3)21-13(14)2)18(25)23(19)15-8-6-5-7-9-15/h5-11H,4,12H2,1-3H3. The van der Waals surface area contributed by atoms with Crippen LogP contribution in [-0.2, 0) is 21.4 Å². The average Bonchev–Trinajstić information content (AvgIpc) is 3.13. The van der Waals surface area contributed by atoms with Crippen LogP contribution in [0, 0.1) is 6.92 Å². The Kier molecular flexibility index (Phi) is 5.75. The largest absolute Gasteiger partial charge is 0.465 e. The molecular formula is C19H20N4O3S. The van der Waals surface area contributed by atoms with Gasteiger partial charge in [-0.1, -0.05) is 30.0 Å². The summed E-state index contributed by atoms with van der Waals surface area (Å²) in [6, 6.07) is 9.24. The van der Waals surface area contributed by atoms with E-state index in [0.29, 0.717) is 23.2 Å². The van der Waals surface area contributed by atoms with Crippen molar-refractivity contribution in [3.8, 4) is 0 Å². The van der Waals surface area contributed by atoms with Crippen molar-refractivity contribution in [2.45, 2.75) is 13.8 Å². The Morgan fingerprint density at radius 1 is 1.30 bits per heavy atom. The Bertz CT molecular complexity index is 918. The molecule has 0 N–H and O–H groups in total. The lowest BCUT2D eigenvalue weighted by Crippen LogP contribution is -2.30. The minimum Gasteiger partial charge on any atom is -0.465 e. The van der Waals surface area contributed by atoms with E-state index in [0.717, 1.165) is 11.3 Å². The molecule has 1 aromatic carbocycles. The van der Waals surface area contributed by atoms with Gasteiger partial charge in [0.05, 0.1) is 23.7 Å². The summed E-state index contributed by atoms with van der Waals surface area (Å²) >= 11 is 1.18. The summed E-state index contributed by atoms with van der Waals surface area (Å²) in [6.45, 7) is 3.95. The Hall–Kier alpha value is -2.87. The molecule has 0 radical (unpaired) electrons. The topological polar surface area (TPSA) is 76.8 Å². The molecule has 2 aromatic rings. The predicted octanol–water partition coefficient (Wildman–Crippen LogP) is 2.77. The number of esters is 1. The molecule has 0 aliphatic carbocycles. The summed E-state index contributed by atoms with van der Waals surface area (Å²) in [6.07, 6.45) is 3.56. The van der Waals surface area contributed by atoms with Crippen LogP contribution >= 0.6 is 11.8 Å². The van der Waals surface area contributed by atoms with Crippen LogP contribution < -0.4 is 4.90 Å². The summed E-state index contributed by atoms with van der Waals surface area (Å²) in [5.41, 5.74) is 2.64. The van der Waals surface area contributed by atoms with E-state index in [9.17, 15) is 9.59 Å². The molecule has 7 nitrogen and oxygen atoms in total. The fourth-order valence-corrected chi connectivity index (χ4v) is 3.44. The minimum absolute atomic E-state index is 0.0858. The van der Waals surface area contributed by atoms with Crippen molar-refractivity contribution in [3.63, 3.8) is 0 Å². The van der Waals surface area contributed by atoms with E-state index in [1.807, 2.05) is 50.5 Å². The number of thioether (sulfide) groups is 1. The SMILES string of the molecule is CCOC(=O)CSC1=NC(=Cc2cn(C)nc2C)C(=O)N1c1ccccc1. The van der Waals surface area contributed by atoms with Gasteiger partial charge < -0.3 is 4.74 Å². The molecule has 0 unspecified atom stereocenters. The van der Waals surface area contributed by atoms with E-state index >= 15 is 0 Å². The quantitative estimate of drug-likeness (QED) is 0.585. The third-order valence-corrected chi connectivity index (χ3v) is 4.72. The Morgan fingerprint density at radius 3 is 2.67 bits per heavy atom. The van der Waals surface area contributed by atoms with Crippen molar-refractivity contribution in [1.82, 2.24) is 9.78 Å². The molecule has 1 aliphatic rings. The van der Waals surface area contributed by atoms with Crippen molar-refractivity contribution in [2.24, 2.45) is 12.0 Å². The maximum Gasteiger partial charge on any atom is 0.316 e. The number of aromatic nitrogens is 2. The van der Waals surface area contributed by atoms with Crippen LogP contribution in [0.5, 0.6) is 0 Å². The summed E-state index contributed by atoms with van der Waals surface area (Å²) in [4.78, 5) is 30.7. The van der Waals surface area contributed by atoms with Crippen molar-refractivity contribution >= 4 is 40.6 Å². The number of carbonyl (C=O) groups excluding carboxylic acids is 2. The smallest absolute Gasteiger partial charge is 0.316 e. The number of hydrogen-bond acceptors (Lipinski definition) is 6. The molecule has 1 aliphatic heterocycles. The van der Waals surface area contributed by atoms with E-state index < -0.39 is 0 Å². The van der Waals surface area contributed by atoms with Gasteiger partial charge in [0.25, 0.3) is 5.91 Å². The van der Waals surface area contributed by atoms with Gasteiger partial charge >= 0.3 is 5.97 Å². The van der Waals surface area contributed by atoms with Gasteiger partial charge in [0.15, 0.2) is 5.17 Å². The molecule has 0 saturated heterocycles. The second-order valence-electron chi connectivity index (χ2n) is 5.84. The molecule has 8 heteroatoms. The molecule has 2 heterocycles. The summed E-state index contributed by atoms with van der Waals surface area (Å²) in [7, 11) is 1.83. The number of amidine groups is 1. The summed E-state index contributed by atoms with van der Waals surface area (Å²) < 4.78 is 6.66. The van der Waals surface area contributed by atoms with Crippen LogP contribution in [0.2, 0.25) is 0 Å². The second-order valence-corrected chi connectivity index (χ2v) is 6.78. The van der Waals surface area contributed by atoms with Gasteiger partial charge in [0, 0.05) is 18.8 Å². The fourth-order valence-electron chi connectivity index (χ4n) is 2.63. The normalized spacial score (nSPS) is 15.4. The van der Waals surface area contributed by atoms with Gasteiger partial charge in [0.1, 0.15) is 5.70 Å². The highest BCUT2D eigenvalue weighted by molar-refractivity contribution is 8.14. The number of carbonyl (C=O) groups is 2. The van der Waals surface area contributed by atoms with Gasteiger partial charge in [-0.25, -0.2) is 4.99 Å². The Labute approximate surface area is 161 Å². The fraction of sp³-hybridized carbons (Fsp3) is 0.263. The van der Waals surface area contributed by atoms with E-state index in [1.54, 1.807) is 17.7 Å². The van der Waals surface area contributed by atoms with E-state index in [1.165, 1.54) is 16.7 Å². The third-order valence-electron chi connectivity index (χ3n) is 3.81. The maximum atomic E-state index is 13.0. The molecule has 0 fully saturated rings. The minimum atomic E-state index is -0.341. The first-order chi connectivity index (χ1) is 13.0. The number of hydrogen-bond donors (Lipinski definition) is 0. The zero-order valence-corrected chi connectivity index (χ0v) is 16.2. The molecule has 1 amide bonds. The molecule has 140 valence electrons. The van der Waals surface area contributed by atoms with Gasteiger partial charge in [-0.2, -0.15) is 5.10 Å². The third kappa shape index (κ3) is 4.28. The number of rotatable bonds is 5. The lowest BCUT2D eigenvalue weighted by atomic mass is 10.2. The first-order valence-corrected chi connectivity index (χ1v) is 9.46. The van der Waals surface area contributed by atoms with E-state index in [-0.39, 0.29) is 17.6 Å².